The molecular weight excluding hydrogens is 270 g/mol. The van der Waals surface area contributed by atoms with Crippen molar-refractivity contribution in [2.45, 2.75) is 13.5 Å². The maximum Gasteiger partial charge on any atom is 0.276 e. The number of carbonyl (C=O) groups is 2. The van der Waals surface area contributed by atoms with Crippen molar-refractivity contribution in [3.05, 3.63) is 41.7 Å². The van der Waals surface area contributed by atoms with E-state index in [-0.39, 0.29) is 11.6 Å². The predicted molar refractivity (Wildman–Crippen MR) is 80.1 cm³/mol. The first-order valence-corrected chi connectivity index (χ1v) is 6.52. The van der Waals surface area contributed by atoms with E-state index in [4.69, 9.17) is 5.73 Å². The Labute approximate surface area is 122 Å². The van der Waals surface area contributed by atoms with Crippen LogP contribution < -0.4 is 16.4 Å². The maximum absolute atomic E-state index is 12.4. The predicted octanol–water partition coefficient (Wildman–Crippen LogP) is 1.10. The standard InChI is InChI=1S/C14H17N5O2/c1-3-19-12(10(15)8-17-19)14(21)18-11-7-5-4-6-9(11)13(20)16-2/h4-8H,3,15H2,1-2H3,(H,16,20)(H,18,21). The van der Waals surface area contributed by atoms with Gasteiger partial charge in [-0.2, -0.15) is 5.10 Å². The third-order valence-corrected chi connectivity index (χ3v) is 3.03. The van der Waals surface area contributed by atoms with Gasteiger partial charge in [-0.25, -0.2) is 0 Å². The highest BCUT2D eigenvalue weighted by Crippen LogP contribution is 2.18. The molecule has 0 atom stereocenters. The number of nitrogens with one attached hydrogen (secondary N) is 2. The average Bonchev–Trinajstić information content (AvgIpc) is 2.88. The van der Waals surface area contributed by atoms with Crippen LogP contribution >= 0.6 is 0 Å². The van der Waals surface area contributed by atoms with Crippen molar-refractivity contribution in [3.8, 4) is 0 Å². The van der Waals surface area contributed by atoms with Gasteiger partial charge >= 0.3 is 0 Å². The van der Waals surface area contributed by atoms with Gasteiger partial charge < -0.3 is 16.4 Å². The first kappa shape index (κ1) is 14.6. The normalized spacial score (nSPS) is 10.2. The van der Waals surface area contributed by atoms with Gasteiger partial charge in [-0.05, 0) is 19.1 Å². The van der Waals surface area contributed by atoms with Crippen LogP contribution in [0.4, 0.5) is 11.4 Å². The van der Waals surface area contributed by atoms with Crippen molar-refractivity contribution in [2.75, 3.05) is 18.1 Å². The van der Waals surface area contributed by atoms with E-state index < -0.39 is 5.91 Å². The van der Waals surface area contributed by atoms with Crippen molar-refractivity contribution in [3.63, 3.8) is 0 Å². The number of aromatic nitrogens is 2. The van der Waals surface area contributed by atoms with Crippen molar-refractivity contribution in [1.29, 1.82) is 0 Å². The summed E-state index contributed by atoms with van der Waals surface area (Å²) in [5, 5.41) is 9.26. The Morgan fingerprint density at radius 1 is 1.29 bits per heavy atom. The van der Waals surface area contributed by atoms with E-state index in [0.29, 0.717) is 23.5 Å². The number of hydrogen-bond acceptors (Lipinski definition) is 4. The molecular formula is C14H17N5O2. The Morgan fingerprint density at radius 3 is 2.67 bits per heavy atom. The lowest BCUT2D eigenvalue weighted by Gasteiger charge is -2.11. The number of amides is 2. The molecule has 0 aliphatic heterocycles. The number of carbonyl (C=O) groups excluding carboxylic acids is 2. The molecule has 21 heavy (non-hydrogen) atoms. The van der Waals surface area contributed by atoms with Gasteiger partial charge in [0.05, 0.1) is 23.1 Å². The second-order valence-electron chi connectivity index (χ2n) is 4.34. The first-order chi connectivity index (χ1) is 10.1. The van der Waals surface area contributed by atoms with E-state index in [9.17, 15) is 9.59 Å². The highest BCUT2D eigenvalue weighted by Gasteiger charge is 2.18. The SMILES string of the molecule is CCn1ncc(N)c1C(=O)Nc1ccccc1C(=O)NC. The van der Waals surface area contributed by atoms with E-state index in [1.54, 1.807) is 24.3 Å². The molecule has 110 valence electrons. The van der Waals surface area contributed by atoms with Gasteiger partial charge in [0.25, 0.3) is 11.8 Å². The lowest BCUT2D eigenvalue weighted by atomic mass is 10.1. The molecule has 0 aliphatic carbocycles. The van der Waals surface area contributed by atoms with E-state index >= 15 is 0 Å². The van der Waals surface area contributed by atoms with Crippen molar-refractivity contribution in [1.82, 2.24) is 15.1 Å². The lowest BCUT2D eigenvalue weighted by molar-refractivity contribution is 0.0964. The molecule has 0 unspecified atom stereocenters. The van der Waals surface area contributed by atoms with Crippen molar-refractivity contribution >= 4 is 23.2 Å². The molecule has 0 bridgehead atoms. The molecule has 4 N–H and O–H groups in total. The van der Waals surface area contributed by atoms with E-state index in [2.05, 4.69) is 15.7 Å². The minimum atomic E-state index is -0.400. The zero-order valence-corrected chi connectivity index (χ0v) is 11.9. The molecule has 0 aliphatic rings. The van der Waals surface area contributed by atoms with Crippen LogP contribution in [0.3, 0.4) is 0 Å². The molecule has 2 rings (SSSR count). The van der Waals surface area contributed by atoms with Crippen LogP contribution in [0.1, 0.15) is 27.8 Å². The zero-order chi connectivity index (χ0) is 15.4. The summed E-state index contributed by atoms with van der Waals surface area (Å²) >= 11 is 0. The van der Waals surface area contributed by atoms with Crippen LogP contribution in [-0.4, -0.2) is 28.6 Å². The van der Waals surface area contributed by atoms with Gasteiger partial charge in [-0.15, -0.1) is 0 Å². The Balaban J connectivity index is 2.32. The molecule has 1 heterocycles. The number of benzene rings is 1. The number of nitrogens with two attached hydrogens (primary N) is 1. The summed E-state index contributed by atoms with van der Waals surface area (Å²) in [6, 6.07) is 6.76. The number of nitrogen functional groups attached to an aromatic ring is 1. The Bertz CT molecular complexity index is 678. The number of para-hydroxylation sites is 1. The van der Waals surface area contributed by atoms with E-state index in [1.165, 1.54) is 17.9 Å². The Morgan fingerprint density at radius 2 is 2.00 bits per heavy atom. The van der Waals surface area contributed by atoms with Gasteiger partial charge in [-0.3, -0.25) is 14.3 Å². The quantitative estimate of drug-likeness (QED) is 0.783. The van der Waals surface area contributed by atoms with Crippen LogP contribution in [0, 0.1) is 0 Å². The fourth-order valence-corrected chi connectivity index (χ4v) is 1.99. The van der Waals surface area contributed by atoms with Crippen LogP contribution in [-0.2, 0) is 6.54 Å². The molecule has 2 amide bonds. The van der Waals surface area contributed by atoms with Crippen molar-refractivity contribution in [2.24, 2.45) is 0 Å². The number of hydrogen-bond donors (Lipinski definition) is 3. The number of anilines is 2. The summed E-state index contributed by atoms with van der Waals surface area (Å²) in [6.45, 7) is 2.39. The fourth-order valence-electron chi connectivity index (χ4n) is 1.99. The topological polar surface area (TPSA) is 102 Å². The smallest absolute Gasteiger partial charge is 0.276 e. The molecule has 0 fully saturated rings. The van der Waals surface area contributed by atoms with Crippen LogP contribution in [0.15, 0.2) is 30.5 Å². The lowest BCUT2D eigenvalue weighted by Crippen LogP contribution is -2.23. The summed E-state index contributed by atoms with van der Waals surface area (Å²) in [6.07, 6.45) is 1.43. The summed E-state index contributed by atoms with van der Waals surface area (Å²) < 4.78 is 1.51. The largest absolute Gasteiger partial charge is 0.396 e. The maximum atomic E-state index is 12.4. The third-order valence-electron chi connectivity index (χ3n) is 3.03. The second kappa shape index (κ2) is 6.08. The first-order valence-electron chi connectivity index (χ1n) is 6.52. The molecule has 7 nitrogen and oxygen atoms in total. The van der Waals surface area contributed by atoms with Gasteiger partial charge in [0, 0.05) is 13.6 Å². The molecule has 1 aromatic heterocycles. The van der Waals surface area contributed by atoms with Crippen LogP contribution in [0.5, 0.6) is 0 Å². The van der Waals surface area contributed by atoms with Crippen LogP contribution in [0.25, 0.3) is 0 Å². The summed E-state index contributed by atoms with van der Waals surface area (Å²) in [5.41, 5.74) is 7.16. The zero-order valence-electron chi connectivity index (χ0n) is 11.9. The highest BCUT2D eigenvalue weighted by molar-refractivity contribution is 6.10. The summed E-state index contributed by atoms with van der Waals surface area (Å²) in [7, 11) is 1.53. The summed E-state index contributed by atoms with van der Waals surface area (Å²) in [4.78, 5) is 24.1. The van der Waals surface area contributed by atoms with E-state index in [0.717, 1.165) is 0 Å². The monoisotopic (exact) mass is 287 g/mol. The van der Waals surface area contributed by atoms with E-state index in [1.807, 2.05) is 6.92 Å². The molecule has 0 saturated carbocycles. The number of aryl methyl sites for hydroxylation is 1. The second-order valence-corrected chi connectivity index (χ2v) is 4.34. The molecule has 0 spiro atoms. The highest BCUT2D eigenvalue weighted by atomic mass is 16.2. The molecule has 1 aromatic carbocycles. The molecule has 0 saturated heterocycles. The summed E-state index contributed by atoms with van der Waals surface area (Å²) in [5.74, 6) is -0.675. The molecule has 2 aromatic rings. The average molecular weight is 287 g/mol. The van der Waals surface area contributed by atoms with Gasteiger partial charge in [-0.1, -0.05) is 12.1 Å². The Hall–Kier alpha value is -2.83. The minimum Gasteiger partial charge on any atom is -0.396 e. The Kier molecular flexibility index (Phi) is 4.22. The molecule has 7 heteroatoms. The fraction of sp³-hybridized carbons (Fsp3) is 0.214. The number of nitrogens with zero attached hydrogens (tertiary/aromatic N) is 2. The molecule has 0 radical (unpaired) electrons. The van der Waals surface area contributed by atoms with Gasteiger partial charge in [0.1, 0.15) is 5.69 Å². The third kappa shape index (κ3) is 2.86. The van der Waals surface area contributed by atoms with Crippen molar-refractivity contribution < 1.29 is 9.59 Å². The number of rotatable bonds is 4. The van der Waals surface area contributed by atoms with Crippen LogP contribution in [0.2, 0.25) is 0 Å². The van der Waals surface area contributed by atoms with Gasteiger partial charge in [0.2, 0.25) is 0 Å². The van der Waals surface area contributed by atoms with Gasteiger partial charge in [0.15, 0.2) is 0 Å². The minimum absolute atomic E-state index is 0.275.